The second kappa shape index (κ2) is 6.08. The molecule has 1 aliphatic rings. The Kier molecular flexibility index (Phi) is 4.00. The highest BCUT2D eigenvalue weighted by atomic mass is 32.1. The molecule has 0 unspecified atom stereocenters. The Morgan fingerprint density at radius 1 is 1.43 bits per heavy atom. The maximum Gasteiger partial charge on any atom is 0.272 e. The molecule has 1 amide bonds. The summed E-state index contributed by atoms with van der Waals surface area (Å²) in [5.74, 6) is 5.64. The van der Waals surface area contributed by atoms with Crippen LogP contribution in [-0.4, -0.2) is 28.9 Å². The number of rotatable bonds is 1. The Bertz CT molecular complexity index is 709. The molecule has 106 valence electrons. The number of fused-ring (bicyclic) bond motifs is 1. The molecule has 21 heavy (non-hydrogen) atoms. The number of pyridine rings is 1. The van der Waals surface area contributed by atoms with Crippen LogP contribution in [0.25, 0.3) is 0 Å². The average molecular weight is 297 g/mol. The van der Waals surface area contributed by atoms with Crippen molar-refractivity contribution < 1.29 is 4.79 Å². The number of thiophene rings is 1. The summed E-state index contributed by atoms with van der Waals surface area (Å²) in [4.78, 5) is 19.9. The molecule has 2 aromatic rings. The summed E-state index contributed by atoms with van der Waals surface area (Å²) in [5.41, 5.74) is 7.82. The maximum absolute atomic E-state index is 12.5. The predicted octanol–water partition coefficient (Wildman–Crippen LogP) is 1.65. The van der Waals surface area contributed by atoms with E-state index in [1.54, 1.807) is 23.6 Å². The number of amides is 1. The smallest absolute Gasteiger partial charge is 0.272 e. The van der Waals surface area contributed by atoms with Crippen molar-refractivity contribution in [2.45, 2.75) is 13.0 Å². The molecule has 1 aliphatic heterocycles. The van der Waals surface area contributed by atoms with Crippen LogP contribution in [0.15, 0.2) is 29.8 Å². The minimum Gasteiger partial charge on any atom is -0.333 e. The lowest BCUT2D eigenvalue weighted by atomic mass is 10.1. The molecule has 5 heteroatoms. The van der Waals surface area contributed by atoms with Crippen molar-refractivity contribution in [3.63, 3.8) is 0 Å². The lowest BCUT2D eigenvalue weighted by molar-refractivity contribution is 0.0730. The van der Waals surface area contributed by atoms with Crippen LogP contribution in [0.1, 0.15) is 26.5 Å². The van der Waals surface area contributed by atoms with Crippen LogP contribution < -0.4 is 5.73 Å². The van der Waals surface area contributed by atoms with E-state index in [-0.39, 0.29) is 5.91 Å². The van der Waals surface area contributed by atoms with Crippen LogP contribution in [0.3, 0.4) is 0 Å². The van der Waals surface area contributed by atoms with E-state index < -0.39 is 0 Å². The van der Waals surface area contributed by atoms with Crippen molar-refractivity contribution in [3.8, 4) is 11.8 Å². The van der Waals surface area contributed by atoms with Crippen molar-refractivity contribution in [2.24, 2.45) is 5.73 Å². The maximum atomic E-state index is 12.5. The van der Waals surface area contributed by atoms with Gasteiger partial charge in [-0.2, -0.15) is 0 Å². The minimum atomic E-state index is -0.0230. The molecule has 0 spiro atoms. The molecule has 0 bridgehead atoms. The third-order valence-electron chi connectivity index (χ3n) is 3.41. The number of hydrogen-bond donors (Lipinski definition) is 1. The Morgan fingerprint density at radius 3 is 3.10 bits per heavy atom. The summed E-state index contributed by atoms with van der Waals surface area (Å²) in [5, 5.41) is 2.09. The summed E-state index contributed by atoms with van der Waals surface area (Å²) < 4.78 is 0. The highest BCUT2D eigenvalue weighted by Gasteiger charge is 2.23. The lowest BCUT2D eigenvalue weighted by Gasteiger charge is -2.26. The Balaban J connectivity index is 1.74. The van der Waals surface area contributed by atoms with Gasteiger partial charge in [-0.05, 0) is 35.6 Å². The standard InChI is InChI=1S/C16H15N3OS/c17-7-1-2-12-3-4-14(18-10-12)16(20)19-8-5-15-13(11-19)6-9-21-15/h3-4,6,9-10H,5,7-8,11,17H2. The van der Waals surface area contributed by atoms with E-state index in [0.717, 1.165) is 18.5 Å². The number of nitrogens with zero attached hydrogens (tertiary/aromatic N) is 2. The highest BCUT2D eigenvalue weighted by molar-refractivity contribution is 7.10. The zero-order valence-corrected chi connectivity index (χ0v) is 12.3. The number of carbonyl (C=O) groups excluding carboxylic acids is 1. The molecule has 2 N–H and O–H groups in total. The van der Waals surface area contributed by atoms with Crippen LogP contribution in [0, 0.1) is 11.8 Å². The number of aromatic nitrogens is 1. The minimum absolute atomic E-state index is 0.0230. The van der Waals surface area contributed by atoms with E-state index in [1.165, 1.54) is 10.4 Å². The van der Waals surface area contributed by atoms with Gasteiger partial charge in [-0.1, -0.05) is 11.8 Å². The van der Waals surface area contributed by atoms with E-state index in [0.29, 0.717) is 18.8 Å². The van der Waals surface area contributed by atoms with Crippen molar-refractivity contribution in [2.75, 3.05) is 13.1 Å². The first-order valence-corrected chi connectivity index (χ1v) is 7.65. The normalized spacial score (nSPS) is 13.3. The Morgan fingerprint density at radius 2 is 2.33 bits per heavy atom. The first-order chi connectivity index (χ1) is 10.3. The fraction of sp³-hybridized carbons (Fsp3) is 0.250. The van der Waals surface area contributed by atoms with Gasteiger partial charge in [0.05, 0.1) is 6.54 Å². The molecule has 0 atom stereocenters. The van der Waals surface area contributed by atoms with Gasteiger partial charge in [0.2, 0.25) is 0 Å². The molecular weight excluding hydrogens is 282 g/mol. The van der Waals surface area contributed by atoms with Gasteiger partial charge in [-0.15, -0.1) is 11.3 Å². The van der Waals surface area contributed by atoms with Gasteiger partial charge < -0.3 is 10.6 Å². The van der Waals surface area contributed by atoms with Crippen molar-refractivity contribution in [3.05, 3.63) is 51.5 Å². The Labute approximate surface area is 127 Å². The fourth-order valence-electron chi connectivity index (χ4n) is 2.33. The molecular formula is C16H15N3OS. The zero-order valence-electron chi connectivity index (χ0n) is 11.5. The van der Waals surface area contributed by atoms with Gasteiger partial charge >= 0.3 is 0 Å². The molecule has 0 fully saturated rings. The highest BCUT2D eigenvalue weighted by Crippen LogP contribution is 2.24. The number of nitrogens with two attached hydrogens (primary N) is 1. The van der Waals surface area contributed by atoms with Crippen LogP contribution in [0.2, 0.25) is 0 Å². The van der Waals surface area contributed by atoms with Gasteiger partial charge in [0, 0.05) is 29.7 Å². The van der Waals surface area contributed by atoms with Gasteiger partial charge in [0.25, 0.3) is 5.91 Å². The van der Waals surface area contributed by atoms with Crippen LogP contribution in [0.4, 0.5) is 0 Å². The summed E-state index contributed by atoms with van der Waals surface area (Å²) in [6, 6.07) is 5.63. The predicted molar refractivity (Wildman–Crippen MR) is 82.9 cm³/mol. The van der Waals surface area contributed by atoms with Crippen molar-refractivity contribution >= 4 is 17.2 Å². The summed E-state index contributed by atoms with van der Waals surface area (Å²) in [6.45, 7) is 1.74. The SMILES string of the molecule is NCC#Cc1ccc(C(=O)N2CCc3sccc3C2)nc1. The summed E-state index contributed by atoms with van der Waals surface area (Å²) in [7, 11) is 0. The molecule has 2 aromatic heterocycles. The molecule has 0 aromatic carbocycles. The fourth-order valence-corrected chi connectivity index (χ4v) is 3.22. The van der Waals surface area contributed by atoms with Gasteiger partial charge in [0.15, 0.2) is 0 Å². The monoisotopic (exact) mass is 297 g/mol. The van der Waals surface area contributed by atoms with E-state index in [1.807, 2.05) is 11.0 Å². The first kappa shape index (κ1) is 13.8. The molecule has 3 rings (SSSR count). The number of carbonyl (C=O) groups is 1. The molecule has 0 aliphatic carbocycles. The largest absolute Gasteiger partial charge is 0.333 e. The Hall–Kier alpha value is -2.16. The molecule has 0 saturated carbocycles. The second-order valence-corrected chi connectivity index (χ2v) is 5.78. The van der Waals surface area contributed by atoms with Gasteiger partial charge in [0.1, 0.15) is 5.69 Å². The molecule has 0 radical (unpaired) electrons. The number of hydrogen-bond acceptors (Lipinski definition) is 4. The van der Waals surface area contributed by atoms with Crippen molar-refractivity contribution in [1.29, 1.82) is 0 Å². The van der Waals surface area contributed by atoms with E-state index in [9.17, 15) is 4.79 Å². The quantitative estimate of drug-likeness (QED) is 0.814. The summed E-state index contributed by atoms with van der Waals surface area (Å²) >= 11 is 1.77. The molecule has 0 saturated heterocycles. The van der Waals surface area contributed by atoms with Crippen LogP contribution in [0.5, 0.6) is 0 Å². The van der Waals surface area contributed by atoms with Crippen molar-refractivity contribution in [1.82, 2.24) is 9.88 Å². The molecule has 4 nitrogen and oxygen atoms in total. The molecule has 3 heterocycles. The lowest BCUT2D eigenvalue weighted by Crippen LogP contribution is -2.35. The van der Waals surface area contributed by atoms with Gasteiger partial charge in [-0.3, -0.25) is 4.79 Å². The van der Waals surface area contributed by atoms with Gasteiger partial charge in [-0.25, -0.2) is 4.98 Å². The topological polar surface area (TPSA) is 59.2 Å². The van der Waals surface area contributed by atoms with E-state index in [4.69, 9.17) is 5.73 Å². The zero-order chi connectivity index (χ0) is 14.7. The average Bonchev–Trinajstić information content (AvgIpc) is 3.00. The third-order valence-corrected chi connectivity index (χ3v) is 4.44. The first-order valence-electron chi connectivity index (χ1n) is 6.77. The second-order valence-electron chi connectivity index (χ2n) is 4.78. The van der Waals surface area contributed by atoms with Crippen LogP contribution >= 0.6 is 11.3 Å². The van der Waals surface area contributed by atoms with E-state index in [2.05, 4.69) is 28.3 Å². The van der Waals surface area contributed by atoms with E-state index >= 15 is 0 Å². The van der Waals surface area contributed by atoms with Crippen LogP contribution in [-0.2, 0) is 13.0 Å². The summed E-state index contributed by atoms with van der Waals surface area (Å²) in [6.07, 6.45) is 2.55. The third kappa shape index (κ3) is 2.97.